The number of likely N-dealkylation sites (tertiary alicyclic amines) is 1. The first-order valence-corrected chi connectivity index (χ1v) is 7.34. The molecule has 1 aromatic rings. The molecule has 0 bridgehead atoms. The second-order valence-corrected chi connectivity index (χ2v) is 6.04. The van der Waals surface area contributed by atoms with Crippen LogP contribution in [0, 0.1) is 5.92 Å². The van der Waals surface area contributed by atoms with Gasteiger partial charge < -0.3 is 20.7 Å². The van der Waals surface area contributed by atoms with E-state index in [0.717, 1.165) is 25.3 Å². The molecule has 0 saturated carbocycles. The fourth-order valence-corrected chi connectivity index (χ4v) is 2.61. The number of rotatable bonds is 4. The van der Waals surface area contributed by atoms with Crippen molar-refractivity contribution in [1.82, 2.24) is 9.88 Å². The van der Waals surface area contributed by atoms with Crippen molar-refractivity contribution in [1.29, 1.82) is 0 Å². The molecule has 1 aliphatic heterocycles. The average Bonchev–Trinajstić information content (AvgIpc) is 2.36. The minimum Gasteiger partial charge on any atom is -0.473 e. The van der Waals surface area contributed by atoms with E-state index >= 15 is 0 Å². The predicted octanol–water partition coefficient (Wildman–Crippen LogP) is 2.20. The Balaban J connectivity index is 2.05. The van der Waals surface area contributed by atoms with Crippen molar-refractivity contribution in [2.24, 2.45) is 5.92 Å². The molecule has 1 aliphatic rings. The number of nitrogens with two attached hydrogens (primary N) is 1. The van der Waals surface area contributed by atoms with E-state index in [2.05, 4.69) is 29.2 Å². The van der Waals surface area contributed by atoms with Gasteiger partial charge in [0, 0.05) is 12.6 Å². The molecule has 0 amide bonds. The molecule has 1 saturated heterocycles. The van der Waals surface area contributed by atoms with Gasteiger partial charge in [0.15, 0.2) is 0 Å². The van der Waals surface area contributed by atoms with E-state index in [9.17, 15) is 0 Å². The van der Waals surface area contributed by atoms with Crippen molar-refractivity contribution >= 4 is 11.5 Å². The summed E-state index contributed by atoms with van der Waals surface area (Å²) in [5, 5.41) is 3.52. The Morgan fingerprint density at radius 3 is 2.85 bits per heavy atom. The van der Waals surface area contributed by atoms with Gasteiger partial charge in [-0.05, 0) is 51.9 Å². The molecule has 3 N–H and O–H groups in total. The van der Waals surface area contributed by atoms with Crippen LogP contribution in [0.15, 0.2) is 12.1 Å². The summed E-state index contributed by atoms with van der Waals surface area (Å²) in [6.07, 6.45) is 1.20. The Hall–Kier alpha value is -1.49. The third-order valence-electron chi connectivity index (χ3n) is 3.68. The lowest BCUT2D eigenvalue weighted by atomic mass is 9.94. The molecule has 0 aromatic carbocycles. The second kappa shape index (κ2) is 6.31. The first kappa shape index (κ1) is 14.9. The van der Waals surface area contributed by atoms with Crippen LogP contribution in [0.4, 0.5) is 11.5 Å². The number of aromatic nitrogens is 1. The summed E-state index contributed by atoms with van der Waals surface area (Å²) >= 11 is 0. The third-order valence-corrected chi connectivity index (χ3v) is 3.68. The minimum atomic E-state index is 0.0716. The van der Waals surface area contributed by atoms with Crippen LogP contribution in [0.1, 0.15) is 27.2 Å². The van der Waals surface area contributed by atoms with Gasteiger partial charge >= 0.3 is 0 Å². The summed E-state index contributed by atoms with van der Waals surface area (Å²) in [6, 6.07) is 4.23. The van der Waals surface area contributed by atoms with Crippen LogP contribution in [0.25, 0.3) is 0 Å². The van der Waals surface area contributed by atoms with Crippen LogP contribution in [0.3, 0.4) is 0 Å². The number of hydrogen-bond donors (Lipinski definition) is 2. The summed E-state index contributed by atoms with van der Waals surface area (Å²) < 4.78 is 5.63. The summed E-state index contributed by atoms with van der Waals surface area (Å²) in [6.45, 7) is 8.45. The Morgan fingerprint density at radius 1 is 1.45 bits per heavy atom. The van der Waals surface area contributed by atoms with Crippen molar-refractivity contribution in [3.63, 3.8) is 0 Å². The van der Waals surface area contributed by atoms with E-state index in [0.29, 0.717) is 23.5 Å². The standard InChI is InChI=1S/C15H26N4O/c1-10(2)20-15-12(16)5-6-14(18-15)17-13-7-8-19(4)9-11(13)3/h5-6,10-11,13H,7-9,16H2,1-4H3,(H,17,18). The molecule has 0 aliphatic carbocycles. The van der Waals surface area contributed by atoms with Crippen molar-refractivity contribution in [3.05, 3.63) is 12.1 Å². The van der Waals surface area contributed by atoms with Crippen LogP contribution < -0.4 is 15.8 Å². The zero-order valence-corrected chi connectivity index (χ0v) is 12.9. The highest BCUT2D eigenvalue weighted by atomic mass is 16.5. The first-order chi connectivity index (χ1) is 9.45. The topological polar surface area (TPSA) is 63.4 Å². The SMILES string of the molecule is CC(C)Oc1nc(NC2CCN(C)CC2C)ccc1N. The molecule has 2 heterocycles. The van der Waals surface area contributed by atoms with Crippen LogP contribution in [0.2, 0.25) is 0 Å². The Morgan fingerprint density at radius 2 is 2.20 bits per heavy atom. The molecule has 2 atom stereocenters. The van der Waals surface area contributed by atoms with E-state index < -0.39 is 0 Å². The quantitative estimate of drug-likeness (QED) is 0.884. The molecule has 1 aromatic heterocycles. The highest BCUT2D eigenvalue weighted by molar-refractivity contribution is 5.54. The number of nitrogen functional groups attached to an aromatic ring is 1. The molecule has 5 nitrogen and oxygen atoms in total. The Labute approximate surface area is 121 Å². The number of hydrogen-bond acceptors (Lipinski definition) is 5. The number of pyridine rings is 1. The van der Waals surface area contributed by atoms with Gasteiger partial charge in [0.25, 0.3) is 0 Å². The molecule has 20 heavy (non-hydrogen) atoms. The van der Waals surface area contributed by atoms with E-state index in [1.54, 1.807) is 0 Å². The lowest BCUT2D eigenvalue weighted by Gasteiger charge is -2.35. The van der Waals surface area contributed by atoms with Crippen molar-refractivity contribution in [3.8, 4) is 5.88 Å². The zero-order valence-electron chi connectivity index (χ0n) is 12.9. The van der Waals surface area contributed by atoms with Gasteiger partial charge in [-0.2, -0.15) is 4.98 Å². The van der Waals surface area contributed by atoms with Gasteiger partial charge in [-0.1, -0.05) is 6.92 Å². The van der Waals surface area contributed by atoms with Crippen molar-refractivity contribution in [2.45, 2.75) is 39.3 Å². The van der Waals surface area contributed by atoms with Gasteiger partial charge in [0.05, 0.1) is 11.8 Å². The maximum Gasteiger partial charge on any atom is 0.239 e. The maximum absolute atomic E-state index is 5.89. The number of piperidine rings is 1. The molecular weight excluding hydrogens is 252 g/mol. The summed E-state index contributed by atoms with van der Waals surface area (Å²) in [5.74, 6) is 1.96. The second-order valence-electron chi connectivity index (χ2n) is 6.04. The Bertz CT molecular complexity index is 449. The van der Waals surface area contributed by atoms with Crippen molar-refractivity contribution < 1.29 is 4.74 Å². The molecular formula is C15H26N4O. The van der Waals surface area contributed by atoms with Crippen LogP contribution >= 0.6 is 0 Å². The highest BCUT2D eigenvalue weighted by Crippen LogP contribution is 2.25. The third kappa shape index (κ3) is 3.76. The lowest BCUT2D eigenvalue weighted by molar-refractivity contribution is 0.205. The Kier molecular flexibility index (Phi) is 4.70. The van der Waals surface area contributed by atoms with Gasteiger partial charge in [-0.15, -0.1) is 0 Å². The van der Waals surface area contributed by atoms with Crippen LogP contribution in [-0.2, 0) is 0 Å². The number of nitrogens with one attached hydrogen (secondary N) is 1. The van der Waals surface area contributed by atoms with Gasteiger partial charge in [-0.3, -0.25) is 0 Å². The van der Waals surface area contributed by atoms with E-state index in [4.69, 9.17) is 10.5 Å². The molecule has 0 spiro atoms. The van der Waals surface area contributed by atoms with Gasteiger partial charge in [0.2, 0.25) is 5.88 Å². The highest BCUT2D eigenvalue weighted by Gasteiger charge is 2.24. The fraction of sp³-hybridized carbons (Fsp3) is 0.667. The monoisotopic (exact) mass is 278 g/mol. The van der Waals surface area contributed by atoms with Crippen LogP contribution in [0.5, 0.6) is 5.88 Å². The van der Waals surface area contributed by atoms with Crippen LogP contribution in [-0.4, -0.2) is 42.2 Å². The smallest absolute Gasteiger partial charge is 0.239 e. The molecule has 1 fully saturated rings. The van der Waals surface area contributed by atoms with E-state index in [1.165, 1.54) is 0 Å². The van der Waals surface area contributed by atoms with E-state index in [1.807, 2.05) is 26.0 Å². The molecule has 2 rings (SSSR count). The van der Waals surface area contributed by atoms with Gasteiger partial charge in [-0.25, -0.2) is 0 Å². The number of anilines is 2. The molecule has 0 radical (unpaired) electrons. The fourth-order valence-electron chi connectivity index (χ4n) is 2.61. The summed E-state index contributed by atoms with van der Waals surface area (Å²) in [4.78, 5) is 6.86. The molecule has 5 heteroatoms. The number of ether oxygens (including phenoxy) is 1. The summed E-state index contributed by atoms with van der Waals surface area (Å²) in [7, 11) is 2.17. The zero-order chi connectivity index (χ0) is 14.7. The predicted molar refractivity (Wildman–Crippen MR) is 83.1 cm³/mol. The number of nitrogens with zero attached hydrogens (tertiary/aromatic N) is 2. The summed E-state index contributed by atoms with van der Waals surface area (Å²) in [5.41, 5.74) is 6.48. The average molecular weight is 278 g/mol. The largest absolute Gasteiger partial charge is 0.473 e. The maximum atomic E-state index is 5.89. The van der Waals surface area contributed by atoms with Crippen molar-refractivity contribution in [2.75, 3.05) is 31.2 Å². The first-order valence-electron chi connectivity index (χ1n) is 7.34. The molecule has 112 valence electrons. The normalized spacial score (nSPS) is 23.9. The lowest BCUT2D eigenvalue weighted by Crippen LogP contribution is -2.43. The minimum absolute atomic E-state index is 0.0716. The van der Waals surface area contributed by atoms with Gasteiger partial charge in [0.1, 0.15) is 5.82 Å². The van der Waals surface area contributed by atoms with E-state index in [-0.39, 0.29) is 6.10 Å². The molecule has 2 unspecified atom stereocenters.